The molecule has 0 bridgehead atoms. The Balaban J connectivity index is 1.48. The molecule has 3 rings (SSSR count). The fraction of sp³-hybridized carbons (Fsp3) is 0.522. The molecule has 30 heavy (non-hydrogen) atoms. The Hall–Kier alpha value is -2.54. The highest BCUT2D eigenvalue weighted by atomic mass is 19.1. The number of halogens is 1. The van der Waals surface area contributed by atoms with Crippen LogP contribution in [0, 0.1) is 12.7 Å². The number of nitrogens with one attached hydrogen (secondary N) is 1. The number of nitrogens with zero attached hydrogens (tertiary/aromatic N) is 4. The summed E-state index contributed by atoms with van der Waals surface area (Å²) in [6.45, 7) is 12.0. The summed E-state index contributed by atoms with van der Waals surface area (Å²) >= 11 is 0. The van der Waals surface area contributed by atoms with Crippen molar-refractivity contribution in [3.8, 4) is 0 Å². The number of hydrogen-bond donors (Lipinski definition) is 1. The summed E-state index contributed by atoms with van der Waals surface area (Å²) in [6, 6.07) is 8.25. The van der Waals surface area contributed by atoms with E-state index >= 15 is 0 Å². The van der Waals surface area contributed by atoms with Crippen LogP contribution in [0.15, 0.2) is 30.3 Å². The molecule has 7 heteroatoms. The number of rotatable bonds is 7. The molecule has 0 saturated carbocycles. The van der Waals surface area contributed by atoms with Crippen molar-refractivity contribution >= 4 is 11.7 Å². The van der Waals surface area contributed by atoms with E-state index in [1.807, 2.05) is 19.9 Å². The van der Waals surface area contributed by atoms with Crippen molar-refractivity contribution < 1.29 is 9.18 Å². The van der Waals surface area contributed by atoms with E-state index in [9.17, 15) is 9.18 Å². The van der Waals surface area contributed by atoms with Crippen molar-refractivity contribution in [2.75, 3.05) is 37.6 Å². The van der Waals surface area contributed by atoms with Crippen molar-refractivity contribution in [2.45, 2.75) is 46.1 Å². The van der Waals surface area contributed by atoms with Gasteiger partial charge < -0.3 is 10.2 Å². The number of piperazine rings is 1. The van der Waals surface area contributed by atoms with E-state index in [0.29, 0.717) is 18.9 Å². The quantitative estimate of drug-likeness (QED) is 0.756. The number of aryl methyl sites for hydroxylation is 1. The molecule has 1 aromatic heterocycles. The molecule has 1 unspecified atom stereocenters. The van der Waals surface area contributed by atoms with Gasteiger partial charge in [0.25, 0.3) is 0 Å². The first kappa shape index (κ1) is 22.2. The largest absolute Gasteiger partial charge is 0.354 e. The molecule has 2 heterocycles. The van der Waals surface area contributed by atoms with E-state index < -0.39 is 0 Å². The second-order valence-electron chi connectivity index (χ2n) is 8.25. The van der Waals surface area contributed by atoms with Crippen LogP contribution in [0.2, 0.25) is 0 Å². The van der Waals surface area contributed by atoms with E-state index in [-0.39, 0.29) is 17.8 Å². The predicted octanol–water partition coefficient (Wildman–Crippen LogP) is 2.92. The molecule has 0 radical (unpaired) electrons. The highest BCUT2D eigenvalue weighted by molar-refractivity contribution is 5.81. The molecule has 6 nitrogen and oxygen atoms in total. The Labute approximate surface area is 178 Å². The molecule has 1 amide bonds. The predicted molar refractivity (Wildman–Crippen MR) is 117 cm³/mol. The van der Waals surface area contributed by atoms with Crippen LogP contribution in [0.25, 0.3) is 0 Å². The zero-order valence-corrected chi connectivity index (χ0v) is 18.4. The van der Waals surface area contributed by atoms with E-state index in [1.165, 1.54) is 12.1 Å². The molecule has 1 aromatic carbocycles. The van der Waals surface area contributed by atoms with Crippen LogP contribution in [-0.4, -0.2) is 59.5 Å². The lowest BCUT2D eigenvalue weighted by atomic mass is 10.1. The minimum Gasteiger partial charge on any atom is -0.354 e. The van der Waals surface area contributed by atoms with Crippen LogP contribution in [0.3, 0.4) is 0 Å². The Morgan fingerprint density at radius 1 is 1.10 bits per heavy atom. The second kappa shape index (κ2) is 9.98. The summed E-state index contributed by atoms with van der Waals surface area (Å²) in [5, 5.41) is 3.00. The fourth-order valence-corrected chi connectivity index (χ4v) is 3.63. The number of anilines is 1. The van der Waals surface area contributed by atoms with Gasteiger partial charge in [-0.2, -0.15) is 0 Å². The maximum absolute atomic E-state index is 13.0. The molecule has 1 aliphatic heterocycles. The standard InChI is InChI=1S/C23H32FN5O/c1-16(2)22-26-17(3)15-21(27-22)29-13-11-28(12-14-29)18(4)23(30)25-10-9-19-5-7-20(24)8-6-19/h5-8,15-16,18H,9-14H2,1-4H3,(H,25,30). The van der Waals surface area contributed by atoms with Crippen molar-refractivity contribution in [1.82, 2.24) is 20.2 Å². The van der Waals surface area contributed by atoms with Crippen LogP contribution in [-0.2, 0) is 11.2 Å². The van der Waals surface area contributed by atoms with Crippen LogP contribution in [0.1, 0.15) is 43.8 Å². The Morgan fingerprint density at radius 2 is 1.77 bits per heavy atom. The fourth-order valence-electron chi connectivity index (χ4n) is 3.63. The SMILES string of the molecule is Cc1cc(N2CCN(C(C)C(=O)NCCc3ccc(F)cc3)CC2)nc(C(C)C)n1. The molecular formula is C23H32FN5O. The molecule has 1 N–H and O–H groups in total. The van der Waals surface area contributed by atoms with E-state index in [4.69, 9.17) is 4.98 Å². The van der Waals surface area contributed by atoms with Gasteiger partial charge in [0, 0.05) is 50.4 Å². The van der Waals surface area contributed by atoms with Gasteiger partial charge in [0.15, 0.2) is 0 Å². The maximum atomic E-state index is 13.0. The van der Waals surface area contributed by atoms with Crippen LogP contribution in [0.4, 0.5) is 10.2 Å². The summed E-state index contributed by atoms with van der Waals surface area (Å²) in [6.07, 6.45) is 0.692. The van der Waals surface area contributed by atoms with Gasteiger partial charge in [-0.25, -0.2) is 14.4 Å². The Bertz CT molecular complexity index is 847. The lowest BCUT2D eigenvalue weighted by molar-refractivity contribution is -0.125. The number of hydrogen-bond acceptors (Lipinski definition) is 5. The number of amides is 1. The average Bonchev–Trinajstić information content (AvgIpc) is 2.74. The lowest BCUT2D eigenvalue weighted by Crippen LogP contribution is -2.54. The van der Waals surface area contributed by atoms with Crippen LogP contribution >= 0.6 is 0 Å². The third-order valence-electron chi connectivity index (χ3n) is 5.57. The number of benzene rings is 1. The molecular weight excluding hydrogens is 381 g/mol. The van der Waals surface area contributed by atoms with Gasteiger partial charge in [-0.1, -0.05) is 26.0 Å². The monoisotopic (exact) mass is 413 g/mol. The minimum atomic E-state index is -0.242. The van der Waals surface area contributed by atoms with Gasteiger partial charge in [-0.3, -0.25) is 9.69 Å². The summed E-state index contributed by atoms with van der Waals surface area (Å²) in [7, 11) is 0. The molecule has 1 atom stereocenters. The minimum absolute atomic E-state index is 0.0329. The molecule has 162 valence electrons. The molecule has 1 aliphatic rings. The second-order valence-corrected chi connectivity index (χ2v) is 8.25. The van der Waals surface area contributed by atoms with Gasteiger partial charge in [0.2, 0.25) is 5.91 Å². The van der Waals surface area contributed by atoms with Crippen molar-refractivity contribution in [2.24, 2.45) is 0 Å². The Kier molecular flexibility index (Phi) is 7.37. The molecule has 1 saturated heterocycles. The maximum Gasteiger partial charge on any atom is 0.237 e. The molecule has 1 fully saturated rings. The zero-order valence-electron chi connectivity index (χ0n) is 18.4. The average molecular weight is 414 g/mol. The summed E-state index contributed by atoms with van der Waals surface area (Å²) in [5.41, 5.74) is 2.00. The molecule has 2 aromatic rings. The molecule has 0 aliphatic carbocycles. The van der Waals surface area contributed by atoms with Gasteiger partial charge >= 0.3 is 0 Å². The van der Waals surface area contributed by atoms with Crippen molar-refractivity contribution in [1.29, 1.82) is 0 Å². The molecule has 0 spiro atoms. The number of aromatic nitrogens is 2. The third kappa shape index (κ3) is 5.75. The first-order chi connectivity index (χ1) is 14.3. The summed E-state index contributed by atoms with van der Waals surface area (Å²) < 4.78 is 13.0. The van der Waals surface area contributed by atoms with Crippen molar-refractivity contribution in [3.05, 3.63) is 53.2 Å². The lowest BCUT2D eigenvalue weighted by Gasteiger charge is -2.38. The zero-order chi connectivity index (χ0) is 21.7. The van der Waals surface area contributed by atoms with Crippen LogP contribution in [0.5, 0.6) is 0 Å². The van der Waals surface area contributed by atoms with Gasteiger partial charge in [-0.05, 0) is 38.0 Å². The smallest absolute Gasteiger partial charge is 0.237 e. The van der Waals surface area contributed by atoms with Crippen molar-refractivity contribution in [3.63, 3.8) is 0 Å². The third-order valence-corrected chi connectivity index (χ3v) is 5.57. The van der Waals surface area contributed by atoms with E-state index in [2.05, 4.69) is 33.9 Å². The van der Waals surface area contributed by atoms with Gasteiger partial charge in [0.05, 0.1) is 6.04 Å². The topological polar surface area (TPSA) is 61.4 Å². The first-order valence-electron chi connectivity index (χ1n) is 10.7. The highest BCUT2D eigenvalue weighted by Gasteiger charge is 2.26. The van der Waals surface area contributed by atoms with Crippen LogP contribution < -0.4 is 10.2 Å². The van der Waals surface area contributed by atoms with Gasteiger partial charge in [0.1, 0.15) is 17.5 Å². The normalized spacial score (nSPS) is 16.0. The summed E-state index contributed by atoms with van der Waals surface area (Å²) in [5.74, 6) is 1.94. The van der Waals surface area contributed by atoms with Gasteiger partial charge in [-0.15, -0.1) is 0 Å². The number of carbonyl (C=O) groups is 1. The van der Waals surface area contributed by atoms with E-state index in [1.54, 1.807) is 12.1 Å². The Morgan fingerprint density at radius 3 is 2.40 bits per heavy atom. The number of carbonyl (C=O) groups excluding carboxylic acids is 1. The van der Waals surface area contributed by atoms with E-state index in [0.717, 1.165) is 49.1 Å². The first-order valence-corrected chi connectivity index (χ1v) is 10.7. The highest BCUT2D eigenvalue weighted by Crippen LogP contribution is 2.19. The summed E-state index contributed by atoms with van der Waals surface area (Å²) in [4.78, 5) is 26.3.